The van der Waals surface area contributed by atoms with Crippen LogP contribution in [0.2, 0.25) is 0 Å². The Bertz CT molecular complexity index is 395. The fourth-order valence-electron chi connectivity index (χ4n) is 1.16. The maximum absolute atomic E-state index is 10.8. The van der Waals surface area contributed by atoms with Gasteiger partial charge in [0.25, 0.3) is 0 Å². The number of carboxylic acid groups (broad SMARTS) is 1. The second kappa shape index (κ2) is 6.49. The summed E-state index contributed by atoms with van der Waals surface area (Å²) >= 11 is 0. The number of benzene rings is 1. The number of carbonyl (C=O) groups is 1. The maximum Gasteiger partial charge on any atom is 0.339 e. The number of aromatic carboxylic acids is 1. The van der Waals surface area contributed by atoms with E-state index in [2.05, 4.69) is 11.2 Å². The average Bonchev–Trinajstić information content (AvgIpc) is 2.29. The Kier molecular flexibility index (Phi) is 4.90. The smallest absolute Gasteiger partial charge is 0.339 e. The quantitative estimate of drug-likeness (QED) is 0.553. The van der Waals surface area contributed by atoms with Crippen molar-refractivity contribution in [1.29, 1.82) is 0 Å². The van der Waals surface area contributed by atoms with Crippen LogP contribution in [-0.2, 0) is 0 Å². The van der Waals surface area contributed by atoms with Crippen LogP contribution in [-0.4, -0.2) is 30.8 Å². The minimum Gasteiger partial charge on any atom is -0.491 e. The lowest BCUT2D eigenvalue weighted by molar-refractivity contribution is 0.0692. The van der Waals surface area contributed by atoms with E-state index in [0.717, 1.165) is 0 Å². The molecular formula is C12H13NO3. The van der Waals surface area contributed by atoms with Gasteiger partial charge in [0.15, 0.2) is 0 Å². The van der Waals surface area contributed by atoms with Crippen LogP contribution in [0.1, 0.15) is 10.4 Å². The third-order valence-electron chi connectivity index (χ3n) is 1.88. The molecular weight excluding hydrogens is 206 g/mol. The Morgan fingerprint density at radius 1 is 1.50 bits per heavy atom. The number of carboxylic acids is 1. The number of hydrogen-bond donors (Lipinski definition) is 2. The van der Waals surface area contributed by atoms with Crippen molar-refractivity contribution < 1.29 is 14.6 Å². The fraction of sp³-hybridized carbons (Fsp3) is 0.250. The van der Waals surface area contributed by atoms with Crippen molar-refractivity contribution in [2.24, 2.45) is 0 Å². The molecule has 0 saturated heterocycles. The SMILES string of the molecule is C#CCNCCOc1ccccc1C(=O)O. The zero-order valence-electron chi connectivity index (χ0n) is 8.77. The molecule has 4 nitrogen and oxygen atoms in total. The normalized spacial score (nSPS) is 9.44. The summed E-state index contributed by atoms with van der Waals surface area (Å²) in [5, 5.41) is 11.8. The van der Waals surface area contributed by atoms with Crippen molar-refractivity contribution in [2.45, 2.75) is 0 Å². The van der Waals surface area contributed by atoms with E-state index in [1.807, 2.05) is 0 Å². The van der Waals surface area contributed by atoms with E-state index < -0.39 is 5.97 Å². The van der Waals surface area contributed by atoms with E-state index in [-0.39, 0.29) is 5.56 Å². The van der Waals surface area contributed by atoms with Crippen LogP contribution in [0.3, 0.4) is 0 Å². The standard InChI is InChI=1S/C12H13NO3/c1-2-7-13-8-9-16-11-6-4-3-5-10(11)12(14)15/h1,3-6,13H,7-9H2,(H,14,15). The molecule has 1 rings (SSSR count). The van der Waals surface area contributed by atoms with Gasteiger partial charge in [0, 0.05) is 6.54 Å². The Hall–Kier alpha value is -1.99. The number of nitrogens with one attached hydrogen (secondary N) is 1. The first kappa shape index (κ1) is 12.1. The van der Waals surface area contributed by atoms with Crippen molar-refractivity contribution in [3.8, 4) is 18.1 Å². The molecule has 2 N–H and O–H groups in total. The van der Waals surface area contributed by atoms with Gasteiger partial charge in [-0.2, -0.15) is 0 Å². The lowest BCUT2D eigenvalue weighted by Gasteiger charge is -2.08. The van der Waals surface area contributed by atoms with E-state index in [9.17, 15) is 4.79 Å². The number of terminal acetylenes is 1. The molecule has 0 aliphatic rings. The third kappa shape index (κ3) is 3.64. The molecule has 0 aliphatic heterocycles. The van der Waals surface area contributed by atoms with Crippen LogP contribution in [0.4, 0.5) is 0 Å². The van der Waals surface area contributed by atoms with E-state index in [1.165, 1.54) is 6.07 Å². The zero-order valence-corrected chi connectivity index (χ0v) is 8.77. The van der Waals surface area contributed by atoms with Crippen LogP contribution < -0.4 is 10.1 Å². The highest BCUT2D eigenvalue weighted by Crippen LogP contribution is 2.17. The molecule has 0 bridgehead atoms. The van der Waals surface area contributed by atoms with Gasteiger partial charge in [0.1, 0.15) is 17.9 Å². The summed E-state index contributed by atoms with van der Waals surface area (Å²) in [7, 11) is 0. The summed E-state index contributed by atoms with van der Waals surface area (Å²) < 4.78 is 5.33. The monoisotopic (exact) mass is 219 g/mol. The summed E-state index contributed by atoms with van der Waals surface area (Å²) in [4.78, 5) is 10.8. The molecule has 0 fully saturated rings. The molecule has 0 spiro atoms. The first-order valence-electron chi connectivity index (χ1n) is 4.85. The minimum absolute atomic E-state index is 0.166. The molecule has 0 aliphatic carbocycles. The molecule has 1 aromatic carbocycles. The largest absolute Gasteiger partial charge is 0.491 e. The molecule has 0 saturated carbocycles. The van der Waals surface area contributed by atoms with Gasteiger partial charge in [-0.1, -0.05) is 18.1 Å². The van der Waals surface area contributed by atoms with Gasteiger partial charge >= 0.3 is 5.97 Å². The molecule has 0 atom stereocenters. The number of rotatable bonds is 6. The van der Waals surface area contributed by atoms with Crippen molar-refractivity contribution in [3.63, 3.8) is 0 Å². The van der Waals surface area contributed by atoms with Gasteiger partial charge in [-0.15, -0.1) is 6.42 Å². The van der Waals surface area contributed by atoms with Gasteiger partial charge in [0.05, 0.1) is 6.54 Å². The van der Waals surface area contributed by atoms with Gasteiger partial charge in [-0.25, -0.2) is 4.79 Å². The summed E-state index contributed by atoms with van der Waals surface area (Å²) in [6, 6.07) is 6.53. The minimum atomic E-state index is -0.993. The molecule has 1 aromatic rings. The van der Waals surface area contributed by atoms with Crippen molar-refractivity contribution >= 4 is 5.97 Å². The Labute approximate surface area is 94.2 Å². The van der Waals surface area contributed by atoms with Crippen LogP contribution in [0.5, 0.6) is 5.75 Å². The number of hydrogen-bond acceptors (Lipinski definition) is 3. The van der Waals surface area contributed by atoms with Gasteiger partial charge in [-0.3, -0.25) is 0 Å². The van der Waals surface area contributed by atoms with Crippen LogP contribution in [0.15, 0.2) is 24.3 Å². The molecule has 4 heteroatoms. The summed E-state index contributed by atoms with van der Waals surface area (Å²) in [5.74, 6) is 1.81. The van der Waals surface area contributed by atoms with Gasteiger partial charge < -0.3 is 15.2 Å². The predicted molar refractivity (Wildman–Crippen MR) is 60.6 cm³/mol. The predicted octanol–water partition coefficient (Wildman–Crippen LogP) is 0.986. The van der Waals surface area contributed by atoms with Crippen LogP contribution in [0.25, 0.3) is 0 Å². The summed E-state index contributed by atoms with van der Waals surface area (Å²) in [5.41, 5.74) is 0.166. The Balaban J connectivity index is 2.47. The molecule has 84 valence electrons. The molecule has 0 heterocycles. The van der Waals surface area contributed by atoms with E-state index in [1.54, 1.807) is 18.2 Å². The Morgan fingerprint density at radius 2 is 2.25 bits per heavy atom. The van der Waals surface area contributed by atoms with Crippen LogP contribution >= 0.6 is 0 Å². The second-order valence-corrected chi connectivity index (χ2v) is 3.03. The van der Waals surface area contributed by atoms with E-state index in [4.69, 9.17) is 16.3 Å². The first-order chi connectivity index (χ1) is 7.75. The topological polar surface area (TPSA) is 58.6 Å². The lowest BCUT2D eigenvalue weighted by Crippen LogP contribution is -2.21. The molecule has 0 aromatic heterocycles. The van der Waals surface area contributed by atoms with Gasteiger partial charge in [0.2, 0.25) is 0 Å². The van der Waals surface area contributed by atoms with Gasteiger partial charge in [-0.05, 0) is 12.1 Å². The average molecular weight is 219 g/mol. The Morgan fingerprint density at radius 3 is 2.94 bits per heavy atom. The lowest BCUT2D eigenvalue weighted by atomic mass is 10.2. The maximum atomic E-state index is 10.8. The first-order valence-corrected chi connectivity index (χ1v) is 4.85. The number of ether oxygens (including phenoxy) is 1. The molecule has 0 radical (unpaired) electrons. The highest BCUT2D eigenvalue weighted by atomic mass is 16.5. The van der Waals surface area contributed by atoms with Crippen LogP contribution in [0, 0.1) is 12.3 Å². The van der Waals surface area contributed by atoms with Crippen molar-refractivity contribution in [3.05, 3.63) is 29.8 Å². The number of para-hydroxylation sites is 1. The summed E-state index contributed by atoms with van der Waals surface area (Å²) in [6.07, 6.45) is 5.05. The molecule has 16 heavy (non-hydrogen) atoms. The molecule has 0 unspecified atom stereocenters. The zero-order chi connectivity index (χ0) is 11.8. The second-order valence-electron chi connectivity index (χ2n) is 3.03. The van der Waals surface area contributed by atoms with Crippen molar-refractivity contribution in [2.75, 3.05) is 19.7 Å². The highest BCUT2D eigenvalue weighted by Gasteiger charge is 2.09. The highest BCUT2D eigenvalue weighted by molar-refractivity contribution is 5.90. The fourth-order valence-corrected chi connectivity index (χ4v) is 1.16. The molecule has 0 amide bonds. The van der Waals surface area contributed by atoms with E-state index in [0.29, 0.717) is 25.4 Å². The summed E-state index contributed by atoms with van der Waals surface area (Å²) in [6.45, 7) is 1.44. The van der Waals surface area contributed by atoms with E-state index >= 15 is 0 Å². The van der Waals surface area contributed by atoms with Crippen molar-refractivity contribution in [1.82, 2.24) is 5.32 Å². The third-order valence-corrected chi connectivity index (χ3v) is 1.88.